The maximum Gasteiger partial charge on any atom is 0.326 e. The standard InChI is InChI=1S/C13H11FN4O3/c14-11-2-1-7(4-15-11)12(19)18-5-9-8(16-6-17-9)3-10(18)13(20)21/h1-2,4,6,10H,3,5H2,(H,16,17)(H,20,21). The summed E-state index contributed by atoms with van der Waals surface area (Å²) in [5.74, 6) is -2.31. The van der Waals surface area contributed by atoms with Gasteiger partial charge in [0.2, 0.25) is 5.95 Å². The Labute approximate surface area is 118 Å². The number of carboxylic acid groups (broad SMARTS) is 1. The minimum Gasteiger partial charge on any atom is -0.480 e. The van der Waals surface area contributed by atoms with Gasteiger partial charge in [-0.3, -0.25) is 4.79 Å². The van der Waals surface area contributed by atoms with E-state index in [0.717, 1.165) is 12.3 Å². The van der Waals surface area contributed by atoms with Crippen LogP contribution in [0.3, 0.4) is 0 Å². The summed E-state index contributed by atoms with van der Waals surface area (Å²) in [6.07, 6.45) is 2.70. The second-order valence-electron chi connectivity index (χ2n) is 4.69. The Bertz CT molecular complexity index is 698. The number of aromatic nitrogens is 3. The number of imidazole rings is 1. The first-order valence-corrected chi connectivity index (χ1v) is 6.22. The molecule has 1 unspecified atom stereocenters. The summed E-state index contributed by atoms with van der Waals surface area (Å²) >= 11 is 0. The quantitative estimate of drug-likeness (QED) is 0.789. The van der Waals surface area contributed by atoms with Crippen LogP contribution in [0.25, 0.3) is 0 Å². The van der Waals surface area contributed by atoms with Crippen molar-refractivity contribution >= 4 is 11.9 Å². The Hall–Kier alpha value is -2.77. The molecule has 0 saturated heterocycles. The van der Waals surface area contributed by atoms with Crippen LogP contribution in [0.2, 0.25) is 0 Å². The van der Waals surface area contributed by atoms with Gasteiger partial charge in [-0.1, -0.05) is 0 Å². The average molecular weight is 290 g/mol. The molecule has 3 heterocycles. The van der Waals surface area contributed by atoms with E-state index in [0.29, 0.717) is 11.4 Å². The van der Waals surface area contributed by atoms with Gasteiger partial charge in [-0.15, -0.1) is 0 Å². The van der Waals surface area contributed by atoms with Gasteiger partial charge in [0.1, 0.15) is 6.04 Å². The fourth-order valence-corrected chi connectivity index (χ4v) is 2.34. The molecule has 1 aliphatic rings. The van der Waals surface area contributed by atoms with Crippen molar-refractivity contribution in [3.8, 4) is 0 Å². The highest BCUT2D eigenvalue weighted by Crippen LogP contribution is 2.22. The maximum absolute atomic E-state index is 12.8. The lowest BCUT2D eigenvalue weighted by Crippen LogP contribution is -2.48. The van der Waals surface area contributed by atoms with Crippen molar-refractivity contribution in [2.75, 3.05) is 0 Å². The Morgan fingerprint density at radius 1 is 1.38 bits per heavy atom. The van der Waals surface area contributed by atoms with Gasteiger partial charge in [0.15, 0.2) is 0 Å². The molecular formula is C13H11FN4O3. The predicted octanol–water partition coefficient (Wildman–Crippen LogP) is 0.595. The van der Waals surface area contributed by atoms with E-state index < -0.39 is 23.9 Å². The molecule has 2 N–H and O–H groups in total. The Morgan fingerprint density at radius 2 is 2.19 bits per heavy atom. The molecule has 1 amide bonds. The first kappa shape index (κ1) is 13.2. The van der Waals surface area contributed by atoms with Gasteiger partial charge in [0.25, 0.3) is 5.91 Å². The number of carbonyl (C=O) groups is 2. The average Bonchev–Trinajstić information content (AvgIpc) is 2.93. The van der Waals surface area contributed by atoms with Gasteiger partial charge in [-0.05, 0) is 12.1 Å². The first-order valence-electron chi connectivity index (χ1n) is 6.22. The summed E-state index contributed by atoms with van der Waals surface area (Å²) < 4.78 is 12.8. The van der Waals surface area contributed by atoms with Crippen molar-refractivity contribution in [3.63, 3.8) is 0 Å². The van der Waals surface area contributed by atoms with Crippen molar-refractivity contribution in [2.24, 2.45) is 0 Å². The van der Waals surface area contributed by atoms with E-state index in [4.69, 9.17) is 0 Å². The summed E-state index contributed by atoms with van der Waals surface area (Å²) in [6, 6.07) is 1.35. The lowest BCUT2D eigenvalue weighted by atomic mass is 10.0. The van der Waals surface area contributed by atoms with Crippen LogP contribution in [-0.2, 0) is 17.8 Å². The van der Waals surface area contributed by atoms with Gasteiger partial charge in [-0.25, -0.2) is 14.8 Å². The van der Waals surface area contributed by atoms with E-state index in [1.165, 1.54) is 17.3 Å². The number of amides is 1. The van der Waals surface area contributed by atoms with Crippen molar-refractivity contribution in [1.29, 1.82) is 0 Å². The molecule has 0 aromatic carbocycles. The largest absolute Gasteiger partial charge is 0.480 e. The topological polar surface area (TPSA) is 99.2 Å². The predicted molar refractivity (Wildman–Crippen MR) is 67.8 cm³/mol. The van der Waals surface area contributed by atoms with Gasteiger partial charge < -0.3 is 15.0 Å². The van der Waals surface area contributed by atoms with E-state index in [9.17, 15) is 19.1 Å². The fourth-order valence-electron chi connectivity index (χ4n) is 2.34. The molecule has 3 rings (SSSR count). The van der Waals surface area contributed by atoms with Crippen LogP contribution < -0.4 is 0 Å². The molecule has 0 fully saturated rings. The molecular weight excluding hydrogens is 279 g/mol. The number of carbonyl (C=O) groups excluding carboxylic acids is 1. The minimum absolute atomic E-state index is 0.114. The summed E-state index contributed by atoms with van der Waals surface area (Å²) in [7, 11) is 0. The van der Waals surface area contributed by atoms with E-state index in [1.54, 1.807) is 0 Å². The molecule has 0 saturated carbocycles. The van der Waals surface area contributed by atoms with E-state index in [1.807, 2.05) is 0 Å². The van der Waals surface area contributed by atoms with Crippen molar-refractivity contribution in [2.45, 2.75) is 19.0 Å². The molecule has 7 nitrogen and oxygen atoms in total. The number of hydrogen-bond donors (Lipinski definition) is 2. The number of carboxylic acids is 1. The second-order valence-corrected chi connectivity index (χ2v) is 4.69. The SMILES string of the molecule is O=C(O)C1Cc2nc[nH]c2CN1C(=O)c1ccc(F)nc1. The van der Waals surface area contributed by atoms with Gasteiger partial charge in [0, 0.05) is 12.6 Å². The monoisotopic (exact) mass is 290 g/mol. The number of hydrogen-bond acceptors (Lipinski definition) is 4. The second kappa shape index (κ2) is 4.97. The number of rotatable bonds is 2. The lowest BCUT2D eigenvalue weighted by Gasteiger charge is -2.32. The number of nitrogens with one attached hydrogen (secondary N) is 1. The minimum atomic E-state index is -1.10. The third-order valence-electron chi connectivity index (χ3n) is 3.42. The van der Waals surface area contributed by atoms with E-state index >= 15 is 0 Å². The third-order valence-corrected chi connectivity index (χ3v) is 3.42. The first-order chi connectivity index (χ1) is 10.1. The molecule has 0 bridgehead atoms. The van der Waals surface area contributed by atoms with Crippen LogP contribution in [0.1, 0.15) is 21.7 Å². The van der Waals surface area contributed by atoms with Crippen molar-refractivity contribution in [1.82, 2.24) is 19.9 Å². The number of fused-ring (bicyclic) bond motifs is 1. The highest BCUT2D eigenvalue weighted by atomic mass is 19.1. The molecule has 108 valence electrons. The van der Waals surface area contributed by atoms with Crippen LogP contribution in [0, 0.1) is 5.95 Å². The van der Waals surface area contributed by atoms with Crippen LogP contribution >= 0.6 is 0 Å². The Kier molecular flexibility index (Phi) is 3.13. The third kappa shape index (κ3) is 2.35. The highest BCUT2D eigenvalue weighted by Gasteiger charge is 2.36. The van der Waals surface area contributed by atoms with Crippen molar-refractivity contribution in [3.05, 3.63) is 47.6 Å². The zero-order valence-corrected chi connectivity index (χ0v) is 10.8. The molecule has 2 aromatic rings. The Balaban J connectivity index is 1.93. The van der Waals surface area contributed by atoms with Gasteiger partial charge in [0.05, 0.1) is 29.8 Å². The zero-order valence-electron chi connectivity index (χ0n) is 10.8. The van der Waals surface area contributed by atoms with Crippen molar-refractivity contribution < 1.29 is 19.1 Å². The summed E-state index contributed by atoms with van der Waals surface area (Å²) in [4.78, 5) is 35.4. The molecule has 0 spiro atoms. The molecule has 1 aliphatic heterocycles. The number of aliphatic carboxylic acids is 1. The smallest absolute Gasteiger partial charge is 0.326 e. The summed E-state index contributed by atoms with van der Waals surface area (Å²) in [5.41, 5.74) is 1.49. The Morgan fingerprint density at radius 3 is 2.86 bits per heavy atom. The fraction of sp³-hybridized carbons (Fsp3) is 0.231. The van der Waals surface area contributed by atoms with Crippen LogP contribution in [0.4, 0.5) is 4.39 Å². The highest BCUT2D eigenvalue weighted by molar-refractivity contribution is 5.96. The number of pyridine rings is 1. The summed E-state index contributed by atoms with van der Waals surface area (Å²) in [6.45, 7) is 0.114. The molecule has 0 aliphatic carbocycles. The molecule has 21 heavy (non-hydrogen) atoms. The molecule has 8 heteroatoms. The molecule has 0 radical (unpaired) electrons. The van der Waals surface area contributed by atoms with E-state index in [-0.39, 0.29) is 18.5 Å². The lowest BCUT2D eigenvalue weighted by molar-refractivity contribution is -0.142. The number of halogens is 1. The summed E-state index contributed by atoms with van der Waals surface area (Å²) in [5, 5.41) is 9.30. The number of H-pyrrole nitrogens is 1. The molecule has 1 atom stereocenters. The zero-order chi connectivity index (χ0) is 15.0. The molecule has 2 aromatic heterocycles. The number of aromatic amines is 1. The maximum atomic E-state index is 12.8. The van der Waals surface area contributed by atoms with Gasteiger partial charge in [-0.2, -0.15) is 4.39 Å². The van der Waals surface area contributed by atoms with Crippen LogP contribution in [0.5, 0.6) is 0 Å². The van der Waals surface area contributed by atoms with E-state index in [2.05, 4.69) is 15.0 Å². The van der Waals surface area contributed by atoms with Gasteiger partial charge >= 0.3 is 5.97 Å². The normalized spacial score (nSPS) is 17.4. The van der Waals surface area contributed by atoms with Crippen LogP contribution in [-0.4, -0.2) is 42.9 Å². The van der Waals surface area contributed by atoms with Crippen LogP contribution in [0.15, 0.2) is 24.7 Å². The number of nitrogens with zero attached hydrogens (tertiary/aromatic N) is 3.